The second-order valence-corrected chi connectivity index (χ2v) is 6.70. The molecule has 0 aliphatic heterocycles. The topological polar surface area (TPSA) is 100 Å². The van der Waals surface area contributed by atoms with Gasteiger partial charge in [0.2, 0.25) is 5.89 Å². The van der Waals surface area contributed by atoms with E-state index in [9.17, 15) is 4.79 Å². The maximum atomic E-state index is 11.9. The van der Waals surface area contributed by atoms with E-state index in [-0.39, 0.29) is 24.5 Å². The normalized spacial score (nSPS) is 11.4. The number of aliphatic hydroxyl groups excluding tert-OH is 1. The van der Waals surface area contributed by atoms with Gasteiger partial charge >= 0.3 is 0 Å². The van der Waals surface area contributed by atoms with E-state index in [4.69, 9.17) is 21.2 Å². The van der Waals surface area contributed by atoms with Crippen molar-refractivity contribution >= 4 is 23.2 Å². The molecule has 0 fully saturated rings. The quantitative estimate of drug-likeness (QED) is 0.737. The number of halogens is 1. The highest BCUT2D eigenvalue weighted by Gasteiger charge is 2.21. The molecule has 0 saturated heterocycles. The number of carbonyl (C=O) groups excluding carboxylic acids is 1. The smallest absolute Gasteiger partial charge is 0.252 e. The highest BCUT2D eigenvalue weighted by Crippen LogP contribution is 2.22. The summed E-state index contributed by atoms with van der Waals surface area (Å²) >= 11 is 6.14. The molecule has 1 aromatic heterocycles. The molecule has 8 heteroatoms. The minimum absolute atomic E-state index is 0.121. The summed E-state index contributed by atoms with van der Waals surface area (Å²) in [4.78, 5) is 16.2. The van der Waals surface area contributed by atoms with Gasteiger partial charge in [-0.3, -0.25) is 4.79 Å². The Balaban J connectivity index is 2.00. The molecular weight excluding hydrogens is 332 g/mol. The Labute approximate surface area is 145 Å². The molecule has 1 amide bonds. The van der Waals surface area contributed by atoms with Gasteiger partial charge < -0.3 is 20.3 Å². The van der Waals surface area contributed by atoms with Gasteiger partial charge in [0, 0.05) is 17.6 Å². The van der Waals surface area contributed by atoms with Crippen molar-refractivity contribution in [2.45, 2.75) is 32.7 Å². The first-order chi connectivity index (χ1) is 11.3. The second-order valence-electron chi connectivity index (χ2n) is 6.29. The van der Waals surface area contributed by atoms with Crippen LogP contribution in [0, 0.1) is 0 Å². The monoisotopic (exact) mass is 352 g/mol. The van der Waals surface area contributed by atoms with Crippen LogP contribution in [0.3, 0.4) is 0 Å². The van der Waals surface area contributed by atoms with Crippen LogP contribution >= 0.6 is 11.6 Å². The van der Waals surface area contributed by atoms with Crippen molar-refractivity contribution in [2.24, 2.45) is 0 Å². The van der Waals surface area contributed by atoms with E-state index in [1.54, 1.807) is 18.2 Å². The Morgan fingerprint density at radius 2 is 2.12 bits per heavy atom. The van der Waals surface area contributed by atoms with Crippen LogP contribution in [0.2, 0.25) is 5.02 Å². The predicted molar refractivity (Wildman–Crippen MR) is 91.2 cm³/mol. The fourth-order valence-electron chi connectivity index (χ4n) is 1.89. The molecule has 2 rings (SSSR count). The lowest BCUT2D eigenvalue weighted by molar-refractivity contribution is 0.0945. The number of benzene rings is 1. The van der Waals surface area contributed by atoms with E-state index in [1.165, 1.54) is 0 Å². The zero-order chi connectivity index (χ0) is 17.7. The number of aromatic nitrogens is 2. The molecule has 0 atom stereocenters. The van der Waals surface area contributed by atoms with Crippen LogP contribution in [0.1, 0.15) is 42.8 Å². The SMILES string of the molecule is CC(C)(C)c1nc(CNc2ccc(C(=O)NCCO)c(Cl)c2)no1. The number of anilines is 1. The fourth-order valence-corrected chi connectivity index (χ4v) is 2.15. The fraction of sp³-hybridized carbons (Fsp3) is 0.438. The summed E-state index contributed by atoms with van der Waals surface area (Å²) in [7, 11) is 0. The van der Waals surface area contributed by atoms with Gasteiger partial charge in [0.25, 0.3) is 5.91 Å². The van der Waals surface area contributed by atoms with E-state index < -0.39 is 0 Å². The molecule has 24 heavy (non-hydrogen) atoms. The first kappa shape index (κ1) is 18.2. The Kier molecular flexibility index (Phi) is 5.80. The molecule has 0 aliphatic carbocycles. The van der Waals surface area contributed by atoms with Gasteiger partial charge in [-0.05, 0) is 18.2 Å². The molecule has 0 radical (unpaired) electrons. The number of rotatable bonds is 6. The molecule has 3 N–H and O–H groups in total. The Morgan fingerprint density at radius 3 is 2.71 bits per heavy atom. The van der Waals surface area contributed by atoms with Crippen LogP contribution in [-0.4, -0.2) is 34.3 Å². The molecule has 7 nitrogen and oxygen atoms in total. The molecule has 0 aliphatic rings. The van der Waals surface area contributed by atoms with E-state index in [0.717, 1.165) is 5.69 Å². The summed E-state index contributed by atoms with van der Waals surface area (Å²) < 4.78 is 5.23. The molecule has 2 aromatic rings. The number of aliphatic hydroxyl groups is 1. The van der Waals surface area contributed by atoms with E-state index in [1.807, 2.05) is 20.8 Å². The molecule has 0 bridgehead atoms. The van der Waals surface area contributed by atoms with Crippen LogP contribution < -0.4 is 10.6 Å². The van der Waals surface area contributed by atoms with Gasteiger partial charge in [-0.1, -0.05) is 37.5 Å². The highest BCUT2D eigenvalue weighted by molar-refractivity contribution is 6.34. The van der Waals surface area contributed by atoms with Crippen molar-refractivity contribution in [3.8, 4) is 0 Å². The first-order valence-corrected chi connectivity index (χ1v) is 7.94. The molecule has 130 valence electrons. The third-order valence-electron chi connectivity index (χ3n) is 3.17. The predicted octanol–water partition coefficient (Wildman–Crippen LogP) is 2.35. The average Bonchev–Trinajstić information content (AvgIpc) is 3.00. The highest BCUT2D eigenvalue weighted by atomic mass is 35.5. The number of carbonyl (C=O) groups is 1. The Bertz CT molecular complexity index is 710. The molecular formula is C16H21ClN4O3. The van der Waals surface area contributed by atoms with Crippen LogP contribution in [0.25, 0.3) is 0 Å². The van der Waals surface area contributed by atoms with Gasteiger partial charge in [-0.2, -0.15) is 4.98 Å². The van der Waals surface area contributed by atoms with E-state index >= 15 is 0 Å². The minimum Gasteiger partial charge on any atom is -0.395 e. The third kappa shape index (κ3) is 4.69. The summed E-state index contributed by atoms with van der Waals surface area (Å²) in [5.41, 5.74) is 0.893. The lowest BCUT2D eigenvalue weighted by Crippen LogP contribution is -2.26. The zero-order valence-electron chi connectivity index (χ0n) is 13.9. The lowest BCUT2D eigenvalue weighted by atomic mass is 9.97. The lowest BCUT2D eigenvalue weighted by Gasteiger charge is -2.10. The summed E-state index contributed by atoms with van der Waals surface area (Å²) in [6, 6.07) is 5.01. The summed E-state index contributed by atoms with van der Waals surface area (Å²) in [6.45, 7) is 6.44. The summed E-state index contributed by atoms with van der Waals surface area (Å²) in [5, 5.41) is 18.7. The zero-order valence-corrected chi connectivity index (χ0v) is 14.6. The number of amides is 1. The number of nitrogens with one attached hydrogen (secondary N) is 2. The van der Waals surface area contributed by atoms with E-state index in [0.29, 0.717) is 28.8 Å². The standard InChI is InChI=1S/C16H21ClN4O3/c1-16(2,3)15-20-13(21-24-15)9-19-10-4-5-11(12(17)8-10)14(23)18-6-7-22/h4-5,8,19,22H,6-7,9H2,1-3H3,(H,18,23). The Morgan fingerprint density at radius 1 is 1.38 bits per heavy atom. The van der Waals surface area contributed by atoms with Gasteiger partial charge in [0.1, 0.15) is 0 Å². The van der Waals surface area contributed by atoms with Gasteiger partial charge in [0.15, 0.2) is 5.82 Å². The van der Waals surface area contributed by atoms with Crippen LogP contribution in [0.15, 0.2) is 22.7 Å². The summed E-state index contributed by atoms with van der Waals surface area (Å²) in [5.74, 6) is 0.794. The first-order valence-electron chi connectivity index (χ1n) is 7.57. The molecule has 1 aromatic carbocycles. The van der Waals surface area contributed by atoms with Crippen molar-refractivity contribution in [3.63, 3.8) is 0 Å². The molecule has 0 spiro atoms. The number of hydrogen-bond donors (Lipinski definition) is 3. The minimum atomic E-state index is -0.325. The molecule has 0 saturated carbocycles. The summed E-state index contributed by atoms with van der Waals surface area (Å²) in [6.07, 6.45) is 0. The number of hydrogen-bond acceptors (Lipinski definition) is 6. The maximum absolute atomic E-state index is 11.9. The number of nitrogens with zero attached hydrogens (tertiary/aromatic N) is 2. The van der Waals surface area contributed by atoms with Crippen molar-refractivity contribution in [1.82, 2.24) is 15.5 Å². The average molecular weight is 353 g/mol. The van der Waals surface area contributed by atoms with Gasteiger partial charge in [0.05, 0.1) is 23.7 Å². The molecule has 0 unspecified atom stereocenters. The second kappa shape index (κ2) is 7.63. The van der Waals surface area contributed by atoms with Gasteiger partial charge in [-0.25, -0.2) is 0 Å². The van der Waals surface area contributed by atoms with Crippen LogP contribution in [0.4, 0.5) is 5.69 Å². The van der Waals surface area contributed by atoms with Crippen molar-refractivity contribution in [3.05, 3.63) is 40.5 Å². The third-order valence-corrected chi connectivity index (χ3v) is 3.48. The van der Waals surface area contributed by atoms with Crippen molar-refractivity contribution < 1.29 is 14.4 Å². The van der Waals surface area contributed by atoms with Crippen molar-refractivity contribution in [2.75, 3.05) is 18.5 Å². The maximum Gasteiger partial charge on any atom is 0.252 e. The van der Waals surface area contributed by atoms with E-state index in [2.05, 4.69) is 20.8 Å². The Hall–Kier alpha value is -2.12. The van der Waals surface area contributed by atoms with Crippen LogP contribution in [-0.2, 0) is 12.0 Å². The van der Waals surface area contributed by atoms with Crippen molar-refractivity contribution in [1.29, 1.82) is 0 Å². The largest absolute Gasteiger partial charge is 0.395 e. The van der Waals surface area contributed by atoms with Gasteiger partial charge in [-0.15, -0.1) is 0 Å². The molecule has 1 heterocycles. The van der Waals surface area contributed by atoms with Crippen LogP contribution in [0.5, 0.6) is 0 Å².